The van der Waals surface area contributed by atoms with Crippen molar-refractivity contribution in [3.8, 4) is 5.75 Å². The highest BCUT2D eigenvalue weighted by molar-refractivity contribution is 5.78. The van der Waals surface area contributed by atoms with E-state index in [2.05, 4.69) is 15.4 Å². The zero-order chi connectivity index (χ0) is 14.4. The fourth-order valence-corrected chi connectivity index (χ4v) is 2.20. The molecule has 1 aliphatic heterocycles. The minimum absolute atomic E-state index is 0.0187. The molecule has 0 radical (unpaired) electrons. The van der Waals surface area contributed by atoms with E-state index in [-0.39, 0.29) is 17.6 Å². The van der Waals surface area contributed by atoms with Gasteiger partial charge in [0.15, 0.2) is 0 Å². The molecule has 0 bridgehead atoms. The van der Waals surface area contributed by atoms with Crippen molar-refractivity contribution < 1.29 is 18.3 Å². The van der Waals surface area contributed by atoms with E-state index in [1.54, 1.807) is 12.1 Å². The number of carbonyl (C=O) groups is 1. The highest BCUT2D eigenvalue weighted by Gasteiger charge is 2.20. The lowest BCUT2D eigenvalue weighted by Crippen LogP contribution is -2.40. The zero-order valence-electron chi connectivity index (χ0n) is 11.1. The Labute approximate surface area is 116 Å². The second-order valence-electron chi connectivity index (χ2n) is 4.78. The van der Waals surface area contributed by atoms with E-state index in [0.717, 1.165) is 24.9 Å². The Morgan fingerprint density at radius 1 is 1.40 bits per heavy atom. The second kappa shape index (κ2) is 7.19. The van der Waals surface area contributed by atoms with Crippen LogP contribution < -0.4 is 15.4 Å². The summed E-state index contributed by atoms with van der Waals surface area (Å²) in [6.07, 6.45) is 1.91. The quantitative estimate of drug-likeness (QED) is 0.868. The molecular formula is C14H18F2N2O2. The van der Waals surface area contributed by atoms with Crippen LogP contribution in [0.25, 0.3) is 0 Å². The molecule has 0 spiro atoms. The number of halogens is 2. The zero-order valence-corrected chi connectivity index (χ0v) is 11.1. The Balaban J connectivity index is 1.79. The van der Waals surface area contributed by atoms with E-state index in [9.17, 15) is 13.6 Å². The van der Waals surface area contributed by atoms with E-state index < -0.39 is 6.61 Å². The molecule has 1 fully saturated rings. The molecule has 0 aliphatic carbocycles. The first-order valence-electron chi connectivity index (χ1n) is 6.67. The highest BCUT2D eigenvalue weighted by Crippen LogP contribution is 2.15. The van der Waals surface area contributed by atoms with Gasteiger partial charge in [-0.05, 0) is 37.1 Å². The van der Waals surface area contributed by atoms with Crippen LogP contribution in [0.1, 0.15) is 18.4 Å². The minimum atomic E-state index is -2.82. The third-order valence-electron chi connectivity index (χ3n) is 3.28. The molecule has 2 N–H and O–H groups in total. The summed E-state index contributed by atoms with van der Waals surface area (Å²) >= 11 is 0. The van der Waals surface area contributed by atoms with Crippen molar-refractivity contribution in [3.05, 3.63) is 29.8 Å². The number of benzene rings is 1. The largest absolute Gasteiger partial charge is 0.435 e. The fourth-order valence-electron chi connectivity index (χ4n) is 2.20. The van der Waals surface area contributed by atoms with Gasteiger partial charge in [0.05, 0.1) is 5.92 Å². The summed E-state index contributed by atoms with van der Waals surface area (Å²) in [5.41, 5.74) is 0.851. The molecule has 2 rings (SSSR count). The molecule has 20 heavy (non-hydrogen) atoms. The van der Waals surface area contributed by atoms with Crippen molar-refractivity contribution in [2.45, 2.75) is 26.0 Å². The number of nitrogens with one attached hydrogen (secondary N) is 2. The van der Waals surface area contributed by atoms with E-state index in [4.69, 9.17) is 0 Å². The Bertz CT molecular complexity index is 431. The number of carbonyl (C=O) groups excluding carboxylic acids is 1. The lowest BCUT2D eigenvalue weighted by Gasteiger charge is -2.21. The maximum atomic E-state index is 12.0. The molecule has 0 aromatic heterocycles. The van der Waals surface area contributed by atoms with Crippen molar-refractivity contribution in [1.82, 2.24) is 10.6 Å². The van der Waals surface area contributed by atoms with Crippen molar-refractivity contribution in [2.75, 3.05) is 13.1 Å². The predicted molar refractivity (Wildman–Crippen MR) is 70.5 cm³/mol. The normalized spacial score (nSPS) is 18.9. The maximum absolute atomic E-state index is 12.0. The number of piperidine rings is 1. The molecule has 6 heteroatoms. The first-order chi connectivity index (χ1) is 9.65. The summed E-state index contributed by atoms with van der Waals surface area (Å²) in [6.45, 7) is -0.744. The second-order valence-corrected chi connectivity index (χ2v) is 4.78. The van der Waals surface area contributed by atoms with Crippen molar-refractivity contribution in [1.29, 1.82) is 0 Å². The fraction of sp³-hybridized carbons (Fsp3) is 0.500. The summed E-state index contributed by atoms with van der Waals surface area (Å²) in [5.74, 6) is 0.168. The van der Waals surface area contributed by atoms with Crippen LogP contribution in [0.3, 0.4) is 0 Å². The van der Waals surface area contributed by atoms with Crippen LogP contribution in [0, 0.1) is 5.92 Å². The third kappa shape index (κ3) is 4.45. The average Bonchev–Trinajstić information content (AvgIpc) is 2.46. The summed E-state index contributed by atoms with van der Waals surface area (Å²) in [5, 5.41) is 6.05. The van der Waals surface area contributed by atoms with Crippen molar-refractivity contribution in [3.63, 3.8) is 0 Å². The summed E-state index contributed by atoms with van der Waals surface area (Å²) in [7, 11) is 0. The van der Waals surface area contributed by atoms with Crippen LogP contribution in [0.2, 0.25) is 0 Å². The summed E-state index contributed by atoms with van der Waals surface area (Å²) in [4.78, 5) is 11.9. The van der Waals surface area contributed by atoms with Gasteiger partial charge in [0.25, 0.3) is 0 Å². The molecule has 1 unspecified atom stereocenters. The van der Waals surface area contributed by atoms with E-state index >= 15 is 0 Å². The van der Waals surface area contributed by atoms with Gasteiger partial charge in [0, 0.05) is 13.1 Å². The molecule has 1 heterocycles. The van der Waals surface area contributed by atoms with Gasteiger partial charge < -0.3 is 15.4 Å². The average molecular weight is 284 g/mol. The lowest BCUT2D eigenvalue weighted by atomic mass is 9.99. The number of amides is 1. The number of alkyl halides is 2. The van der Waals surface area contributed by atoms with Crippen molar-refractivity contribution >= 4 is 5.91 Å². The predicted octanol–water partition coefficient (Wildman–Crippen LogP) is 1.90. The molecule has 1 atom stereocenters. The highest BCUT2D eigenvalue weighted by atomic mass is 19.3. The van der Waals surface area contributed by atoms with Gasteiger partial charge in [0.1, 0.15) is 5.75 Å². The van der Waals surface area contributed by atoms with Crippen LogP contribution >= 0.6 is 0 Å². The summed E-state index contributed by atoms with van der Waals surface area (Å²) in [6, 6.07) is 6.26. The van der Waals surface area contributed by atoms with Gasteiger partial charge in [-0.3, -0.25) is 4.79 Å². The Morgan fingerprint density at radius 3 is 2.75 bits per heavy atom. The Kier molecular flexibility index (Phi) is 5.29. The molecule has 1 aromatic carbocycles. The number of hydrogen-bond acceptors (Lipinski definition) is 3. The molecule has 1 aliphatic rings. The topological polar surface area (TPSA) is 50.4 Å². The van der Waals surface area contributed by atoms with Gasteiger partial charge in [-0.15, -0.1) is 0 Å². The number of ether oxygens (including phenoxy) is 1. The Hall–Kier alpha value is -1.69. The summed E-state index contributed by atoms with van der Waals surface area (Å²) < 4.78 is 28.3. The molecule has 4 nitrogen and oxygen atoms in total. The van der Waals surface area contributed by atoms with Crippen LogP contribution in [-0.2, 0) is 11.3 Å². The Morgan fingerprint density at radius 2 is 2.15 bits per heavy atom. The van der Waals surface area contributed by atoms with Crippen LogP contribution in [0.4, 0.5) is 8.78 Å². The number of hydrogen-bond donors (Lipinski definition) is 2. The van der Waals surface area contributed by atoms with Crippen LogP contribution in [-0.4, -0.2) is 25.6 Å². The monoisotopic (exact) mass is 284 g/mol. The van der Waals surface area contributed by atoms with E-state index in [1.807, 2.05) is 0 Å². The lowest BCUT2D eigenvalue weighted by molar-refractivity contribution is -0.125. The van der Waals surface area contributed by atoms with Gasteiger partial charge in [-0.2, -0.15) is 8.78 Å². The van der Waals surface area contributed by atoms with Gasteiger partial charge in [-0.25, -0.2) is 0 Å². The van der Waals surface area contributed by atoms with Crippen LogP contribution in [0.5, 0.6) is 5.75 Å². The maximum Gasteiger partial charge on any atom is 0.387 e. The molecule has 0 saturated carbocycles. The molecule has 1 aromatic rings. The first-order valence-corrected chi connectivity index (χ1v) is 6.67. The molecular weight excluding hydrogens is 266 g/mol. The third-order valence-corrected chi connectivity index (χ3v) is 3.28. The van der Waals surface area contributed by atoms with Crippen LogP contribution in [0.15, 0.2) is 24.3 Å². The smallest absolute Gasteiger partial charge is 0.387 e. The minimum Gasteiger partial charge on any atom is -0.435 e. The standard InChI is InChI=1S/C14H18F2N2O2/c15-14(16)20-12-5-3-10(4-6-12)8-18-13(19)11-2-1-7-17-9-11/h3-6,11,14,17H,1-2,7-9H2,(H,18,19). The SMILES string of the molecule is O=C(NCc1ccc(OC(F)F)cc1)C1CCCNC1. The molecule has 110 valence electrons. The van der Waals surface area contributed by atoms with Crippen molar-refractivity contribution in [2.24, 2.45) is 5.92 Å². The van der Waals surface area contributed by atoms with E-state index in [1.165, 1.54) is 12.1 Å². The van der Waals surface area contributed by atoms with Gasteiger partial charge >= 0.3 is 6.61 Å². The van der Waals surface area contributed by atoms with Gasteiger partial charge in [-0.1, -0.05) is 12.1 Å². The molecule has 1 amide bonds. The first kappa shape index (κ1) is 14.7. The van der Waals surface area contributed by atoms with E-state index in [0.29, 0.717) is 13.1 Å². The molecule has 1 saturated heterocycles. The number of rotatable bonds is 5. The van der Waals surface area contributed by atoms with Gasteiger partial charge in [0.2, 0.25) is 5.91 Å².